The number of halogens is 2. The molecule has 1 unspecified atom stereocenters. The molecule has 122 valence electrons. The standard InChI is InChI=1S/C17H17F2NO3/c1-11(23-14-7-8-15(18)16(19)9-14)17(21)20-10-12-3-5-13(22-2)6-4-12/h3-9,11H,10H2,1-2H3,(H,20,21). The summed E-state index contributed by atoms with van der Waals surface area (Å²) in [6, 6.07) is 10.4. The zero-order chi connectivity index (χ0) is 16.8. The molecule has 4 nitrogen and oxygen atoms in total. The maximum Gasteiger partial charge on any atom is 0.261 e. The Kier molecular flexibility index (Phi) is 5.51. The molecule has 0 aliphatic carbocycles. The van der Waals surface area contributed by atoms with Gasteiger partial charge in [-0.05, 0) is 36.8 Å². The lowest BCUT2D eigenvalue weighted by molar-refractivity contribution is -0.127. The molecule has 1 N–H and O–H groups in total. The van der Waals surface area contributed by atoms with Crippen LogP contribution >= 0.6 is 0 Å². The van der Waals surface area contributed by atoms with E-state index in [4.69, 9.17) is 9.47 Å². The zero-order valence-electron chi connectivity index (χ0n) is 12.8. The third-order valence-electron chi connectivity index (χ3n) is 3.20. The van der Waals surface area contributed by atoms with Crippen LogP contribution in [0.1, 0.15) is 12.5 Å². The van der Waals surface area contributed by atoms with Crippen LogP contribution in [-0.2, 0) is 11.3 Å². The van der Waals surface area contributed by atoms with Crippen LogP contribution in [0.2, 0.25) is 0 Å². The first kappa shape index (κ1) is 16.7. The Bertz CT molecular complexity index is 674. The third-order valence-corrected chi connectivity index (χ3v) is 3.20. The highest BCUT2D eigenvalue weighted by Gasteiger charge is 2.15. The fraction of sp³-hybridized carbons (Fsp3) is 0.235. The Labute approximate surface area is 133 Å². The normalized spacial score (nSPS) is 11.7. The van der Waals surface area contributed by atoms with Gasteiger partial charge in [0.15, 0.2) is 17.7 Å². The molecule has 0 aliphatic heterocycles. The summed E-state index contributed by atoms with van der Waals surface area (Å²) >= 11 is 0. The fourth-order valence-corrected chi connectivity index (χ4v) is 1.88. The summed E-state index contributed by atoms with van der Waals surface area (Å²) in [6.07, 6.45) is -0.835. The van der Waals surface area contributed by atoms with Gasteiger partial charge in [-0.1, -0.05) is 12.1 Å². The van der Waals surface area contributed by atoms with Crippen molar-refractivity contribution >= 4 is 5.91 Å². The number of nitrogens with one attached hydrogen (secondary N) is 1. The fourth-order valence-electron chi connectivity index (χ4n) is 1.88. The van der Waals surface area contributed by atoms with Crippen LogP contribution in [0.5, 0.6) is 11.5 Å². The molecule has 2 aromatic rings. The lowest BCUT2D eigenvalue weighted by atomic mass is 10.2. The van der Waals surface area contributed by atoms with Gasteiger partial charge in [-0.3, -0.25) is 4.79 Å². The van der Waals surface area contributed by atoms with Crippen molar-refractivity contribution in [1.82, 2.24) is 5.32 Å². The van der Waals surface area contributed by atoms with Gasteiger partial charge in [0.1, 0.15) is 11.5 Å². The minimum atomic E-state index is -1.02. The minimum Gasteiger partial charge on any atom is -0.497 e. The van der Waals surface area contributed by atoms with Crippen molar-refractivity contribution in [2.75, 3.05) is 7.11 Å². The topological polar surface area (TPSA) is 47.6 Å². The number of methoxy groups -OCH3 is 1. The second-order valence-corrected chi connectivity index (χ2v) is 4.90. The summed E-state index contributed by atoms with van der Waals surface area (Å²) in [7, 11) is 1.58. The van der Waals surface area contributed by atoms with E-state index in [0.29, 0.717) is 6.54 Å². The molecule has 1 atom stereocenters. The molecular weight excluding hydrogens is 304 g/mol. The molecule has 0 saturated heterocycles. The van der Waals surface area contributed by atoms with Crippen molar-refractivity contribution in [3.63, 3.8) is 0 Å². The van der Waals surface area contributed by atoms with Crippen LogP contribution in [0.3, 0.4) is 0 Å². The quantitative estimate of drug-likeness (QED) is 0.889. The highest BCUT2D eigenvalue weighted by atomic mass is 19.2. The highest BCUT2D eigenvalue weighted by molar-refractivity contribution is 5.80. The lowest BCUT2D eigenvalue weighted by Crippen LogP contribution is -2.35. The Balaban J connectivity index is 1.87. The Morgan fingerprint density at radius 1 is 1.09 bits per heavy atom. The predicted octanol–water partition coefficient (Wildman–Crippen LogP) is 3.06. The molecule has 2 rings (SSSR count). The average molecular weight is 321 g/mol. The van der Waals surface area contributed by atoms with E-state index in [9.17, 15) is 13.6 Å². The molecule has 0 aliphatic rings. The third kappa shape index (κ3) is 4.67. The van der Waals surface area contributed by atoms with Crippen molar-refractivity contribution in [2.45, 2.75) is 19.6 Å². The van der Waals surface area contributed by atoms with E-state index < -0.39 is 17.7 Å². The van der Waals surface area contributed by atoms with Crippen LogP contribution < -0.4 is 14.8 Å². The number of carbonyl (C=O) groups is 1. The second kappa shape index (κ2) is 7.58. The van der Waals surface area contributed by atoms with Gasteiger partial charge in [-0.2, -0.15) is 0 Å². The summed E-state index contributed by atoms with van der Waals surface area (Å²) in [5, 5.41) is 2.71. The van der Waals surface area contributed by atoms with Crippen molar-refractivity contribution in [3.05, 3.63) is 59.7 Å². The molecule has 0 aromatic heterocycles. The number of carbonyl (C=O) groups excluding carboxylic acids is 1. The molecule has 0 spiro atoms. The minimum absolute atomic E-state index is 0.0935. The first-order valence-electron chi connectivity index (χ1n) is 7.02. The molecule has 6 heteroatoms. The maximum absolute atomic E-state index is 13.1. The van der Waals surface area contributed by atoms with Crippen LogP contribution in [0.15, 0.2) is 42.5 Å². The van der Waals surface area contributed by atoms with Crippen molar-refractivity contribution in [1.29, 1.82) is 0 Å². The Morgan fingerprint density at radius 3 is 2.35 bits per heavy atom. The number of amides is 1. The molecule has 0 saturated carbocycles. The molecule has 23 heavy (non-hydrogen) atoms. The van der Waals surface area contributed by atoms with E-state index in [1.165, 1.54) is 13.0 Å². The van der Waals surface area contributed by atoms with Gasteiger partial charge in [-0.25, -0.2) is 8.78 Å². The molecular formula is C17H17F2NO3. The monoisotopic (exact) mass is 321 g/mol. The smallest absolute Gasteiger partial charge is 0.261 e. The van der Waals surface area contributed by atoms with Crippen LogP contribution in [0.4, 0.5) is 8.78 Å². The SMILES string of the molecule is COc1ccc(CNC(=O)C(C)Oc2ccc(F)c(F)c2)cc1. The molecule has 2 aromatic carbocycles. The van der Waals surface area contributed by atoms with Gasteiger partial charge < -0.3 is 14.8 Å². The van der Waals surface area contributed by atoms with E-state index in [1.807, 2.05) is 12.1 Å². The molecule has 1 amide bonds. The molecule has 0 fully saturated rings. The number of rotatable bonds is 6. The summed E-state index contributed by atoms with van der Waals surface area (Å²) in [5.74, 6) is -1.51. The maximum atomic E-state index is 13.1. The van der Waals surface area contributed by atoms with E-state index in [-0.39, 0.29) is 11.7 Å². The highest BCUT2D eigenvalue weighted by Crippen LogP contribution is 2.17. The average Bonchev–Trinajstić information content (AvgIpc) is 2.56. The van der Waals surface area contributed by atoms with Crippen LogP contribution in [0, 0.1) is 11.6 Å². The summed E-state index contributed by atoms with van der Waals surface area (Å²) in [4.78, 5) is 12.0. The lowest BCUT2D eigenvalue weighted by Gasteiger charge is -2.15. The van der Waals surface area contributed by atoms with E-state index >= 15 is 0 Å². The van der Waals surface area contributed by atoms with E-state index in [0.717, 1.165) is 23.4 Å². The van der Waals surface area contributed by atoms with Gasteiger partial charge in [0.2, 0.25) is 0 Å². The first-order chi connectivity index (χ1) is 11.0. The number of hydrogen-bond donors (Lipinski definition) is 1. The predicted molar refractivity (Wildman–Crippen MR) is 81.3 cm³/mol. The Hall–Kier alpha value is -2.63. The molecule has 0 bridgehead atoms. The Morgan fingerprint density at radius 2 is 1.74 bits per heavy atom. The van der Waals surface area contributed by atoms with Gasteiger partial charge >= 0.3 is 0 Å². The van der Waals surface area contributed by atoms with Crippen molar-refractivity contribution in [3.8, 4) is 11.5 Å². The van der Waals surface area contributed by atoms with E-state index in [2.05, 4.69) is 5.32 Å². The largest absolute Gasteiger partial charge is 0.497 e. The molecule has 0 radical (unpaired) electrons. The first-order valence-corrected chi connectivity index (χ1v) is 7.02. The van der Waals surface area contributed by atoms with E-state index in [1.54, 1.807) is 19.2 Å². The van der Waals surface area contributed by atoms with Crippen LogP contribution in [-0.4, -0.2) is 19.1 Å². The van der Waals surface area contributed by atoms with Gasteiger partial charge in [0, 0.05) is 12.6 Å². The summed E-state index contributed by atoms with van der Waals surface area (Å²) < 4.78 is 36.3. The van der Waals surface area contributed by atoms with Crippen molar-refractivity contribution < 1.29 is 23.0 Å². The number of benzene rings is 2. The number of hydrogen-bond acceptors (Lipinski definition) is 3. The van der Waals surface area contributed by atoms with Crippen LogP contribution in [0.25, 0.3) is 0 Å². The summed E-state index contributed by atoms with van der Waals surface area (Å²) in [5.41, 5.74) is 0.902. The zero-order valence-corrected chi connectivity index (χ0v) is 12.8. The second-order valence-electron chi connectivity index (χ2n) is 4.90. The summed E-state index contributed by atoms with van der Waals surface area (Å²) in [6.45, 7) is 1.86. The van der Waals surface area contributed by atoms with Gasteiger partial charge in [0.25, 0.3) is 5.91 Å². The van der Waals surface area contributed by atoms with Gasteiger partial charge in [-0.15, -0.1) is 0 Å². The van der Waals surface area contributed by atoms with Gasteiger partial charge in [0.05, 0.1) is 7.11 Å². The van der Waals surface area contributed by atoms with Crippen molar-refractivity contribution in [2.24, 2.45) is 0 Å². The number of ether oxygens (including phenoxy) is 2. The molecule has 0 heterocycles.